The van der Waals surface area contributed by atoms with E-state index in [1.807, 2.05) is 18.2 Å². The molecule has 1 atom stereocenters. The summed E-state index contributed by atoms with van der Waals surface area (Å²) in [5.74, 6) is -0.870. The van der Waals surface area contributed by atoms with Gasteiger partial charge in [-0.2, -0.15) is 0 Å². The minimum Gasteiger partial charge on any atom is -0.387 e. The van der Waals surface area contributed by atoms with Crippen molar-refractivity contribution >= 4 is 5.91 Å². The van der Waals surface area contributed by atoms with Gasteiger partial charge in [-0.15, -0.1) is 0 Å². The van der Waals surface area contributed by atoms with E-state index in [9.17, 15) is 14.3 Å². The van der Waals surface area contributed by atoms with E-state index in [1.54, 1.807) is 12.1 Å². The number of rotatable bonds is 4. The zero-order valence-electron chi connectivity index (χ0n) is 10.2. The Kier molecular flexibility index (Phi) is 4.26. The van der Waals surface area contributed by atoms with Crippen LogP contribution in [0.5, 0.6) is 0 Å². The monoisotopic (exact) mass is 259 g/mol. The maximum Gasteiger partial charge on any atom is 0.251 e. The van der Waals surface area contributed by atoms with Crippen molar-refractivity contribution in [2.45, 2.75) is 6.10 Å². The summed E-state index contributed by atoms with van der Waals surface area (Å²) in [5, 5.41) is 12.5. The highest BCUT2D eigenvalue weighted by Gasteiger charge is 2.10. The number of carbonyl (C=O) groups excluding carboxylic acids is 1. The Morgan fingerprint density at radius 3 is 2.58 bits per heavy atom. The minimum absolute atomic E-state index is 0.0827. The Morgan fingerprint density at radius 1 is 1.16 bits per heavy atom. The zero-order valence-corrected chi connectivity index (χ0v) is 10.2. The first-order valence-corrected chi connectivity index (χ1v) is 5.93. The molecule has 0 bridgehead atoms. The van der Waals surface area contributed by atoms with Crippen LogP contribution >= 0.6 is 0 Å². The predicted octanol–water partition coefficient (Wildman–Crippen LogP) is 2.29. The Balaban J connectivity index is 1.94. The van der Waals surface area contributed by atoms with Crippen LogP contribution in [0.15, 0.2) is 54.6 Å². The van der Waals surface area contributed by atoms with E-state index in [0.717, 1.165) is 11.6 Å². The average molecular weight is 259 g/mol. The van der Waals surface area contributed by atoms with E-state index in [-0.39, 0.29) is 12.1 Å². The first-order chi connectivity index (χ1) is 9.16. The van der Waals surface area contributed by atoms with E-state index in [1.165, 1.54) is 18.2 Å². The van der Waals surface area contributed by atoms with Crippen LogP contribution in [-0.4, -0.2) is 17.6 Å². The highest BCUT2D eigenvalue weighted by atomic mass is 19.1. The van der Waals surface area contributed by atoms with Gasteiger partial charge in [-0.1, -0.05) is 36.4 Å². The lowest BCUT2D eigenvalue weighted by molar-refractivity contribution is 0.0916. The van der Waals surface area contributed by atoms with Gasteiger partial charge in [0.25, 0.3) is 5.91 Å². The third-order valence-corrected chi connectivity index (χ3v) is 2.73. The summed E-state index contributed by atoms with van der Waals surface area (Å²) in [6.45, 7) is 0.0827. The fraction of sp³-hybridized carbons (Fsp3) is 0.133. The lowest BCUT2D eigenvalue weighted by Crippen LogP contribution is -2.28. The molecule has 19 heavy (non-hydrogen) atoms. The van der Waals surface area contributed by atoms with E-state index >= 15 is 0 Å². The summed E-state index contributed by atoms with van der Waals surface area (Å²) in [5.41, 5.74) is 0.960. The molecular formula is C15H14FNO2. The molecule has 98 valence electrons. The Bertz CT molecular complexity index is 557. The fourth-order valence-electron chi connectivity index (χ4n) is 1.71. The number of halogens is 1. The largest absolute Gasteiger partial charge is 0.387 e. The van der Waals surface area contributed by atoms with E-state index in [0.29, 0.717) is 0 Å². The molecular weight excluding hydrogens is 245 g/mol. The first kappa shape index (κ1) is 13.2. The minimum atomic E-state index is -0.779. The molecule has 1 unspecified atom stereocenters. The number of carbonyl (C=O) groups is 1. The molecule has 0 saturated heterocycles. The maximum atomic E-state index is 13.0. The van der Waals surface area contributed by atoms with Crippen molar-refractivity contribution in [2.75, 3.05) is 6.54 Å². The smallest absolute Gasteiger partial charge is 0.251 e. The molecule has 0 aliphatic heterocycles. The molecule has 0 saturated carbocycles. The average Bonchev–Trinajstić information content (AvgIpc) is 2.45. The molecule has 0 fully saturated rings. The van der Waals surface area contributed by atoms with Gasteiger partial charge in [0.1, 0.15) is 5.82 Å². The summed E-state index contributed by atoms with van der Waals surface area (Å²) in [7, 11) is 0. The third-order valence-electron chi connectivity index (χ3n) is 2.73. The Labute approximate surface area is 110 Å². The van der Waals surface area contributed by atoms with E-state index in [2.05, 4.69) is 5.32 Å². The standard InChI is InChI=1S/C15H14FNO2/c16-13-8-4-7-12(9-13)15(19)17-10-14(18)11-5-2-1-3-6-11/h1-9,14,18H,10H2,(H,17,19). The molecule has 0 aromatic heterocycles. The normalized spacial score (nSPS) is 11.9. The molecule has 3 nitrogen and oxygen atoms in total. The highest BCUT2D eigenvalue weighted by molar-refractivity contribution is 5.94. The van der Waals surface area contributed by atoms with Crippen LogP contribution in [0.3, 0.4) is 0 Å². The molecule has 2 aromatic rings. The van der Waals surface area contributed by atoms with Crippen molar-refractivity contribution < 1.29 is 14.3 Å². The summed E-state index contributed by atoms with van der Waals surface area (Å²) < 4.78 is 13.0. The number of aliphatic hydroxyl groups excluding tert-OH is 1. The van der Waals surface area contributed by atoms with Crippen molar-refractivity contribution in [1.82, 2.24) is 5.32 Å². The van der Waals surface area contributed by atoms with Crippen molar-refractivity contribution in [2.24, 2.45) is 0 Å². The van der Waals surface area contributed by atoms with Crippen LogP contribution in [0.25, 0.3) is 0 Å². The second-order valence-electron chi connectivity index (χ2n) is 4.15. The summed E-state index contributed by atoms with van der Waals surface area (Å²) in [6.07, 6.45) is -0.779. The van der Waals surface area contributed by atoms with Crippen LogP contribution in [0.1, 0.15) is 22.0 Å². The second kappa shape index (κ2) is 6.11. The number of hydrogen-bond acceptors (Lipinski definition) is 2. The molecule has 0 aliphatic carbocycles. The van der Waals surface area contributed by atoms with Crippen LogP contribution in [0.4, 0.5) is 4.39 Å². The molecule has 0 heterocycles. The molecule has 0 radical (unpaired) electrons. The van der Waals surface area contributed by atoms with Crippen molar-refractivity contribution in [3.8, 4) is 0 Å². The van der Waals surface area contributed by atoms with Gasteiger partial charge in [-0.05, 0) is 23.8 Å². The van der Waals surface area contributed by atoms with Crippen molar-refractivity contribution in [1.29, 1.82) is 0 Å². The predicted molar refractivity (Wildman–Crippen MR) is 70.1 cm³/mol. The fourth-order valence-corrected chi connectivity index (χ4v) is 1.71. The summed E-state index contributed by atoms with van der Waals surface area (Å²) >= 11 is 0. The SMILES string of the molecule is O=C(NCC(O)c1ccccc1)c1cccc(F)c1. The van der Waals surface area contributed by atoms with Crippen LogP contribution in [0.2, 0.25) is 0 Å². The molecule has 0 spiro atoms. The zero-order chi connectivity index (χ0) is 13.7. The third kappa shape index (κ3) is 3.63. The van der Waals surface area contributed by atoms with Gasteiger partial charge in [-0.25, -0.2) is 4.39 Å². The summed E-state index contributed by atoms with van der Waals surface area (Å²) in [4.78, 5) is 11.7. The number of aliphatic hydroxyl groups is 1. The molecule has 2 aromatic carbocycles. The Morgan fingerprint density at radius 2 is 1.89 bits per heavy atom. The number of hydrogen-bond donors (Lipinski definition) is 2. The molecule has 4 heteroatoms. The molecule has 0 aliphatic rings. The van der Waals surface area contributed by atoms with Crippen molar-refractivity contribution in [3.05, 3.63) is 71.5 Å². The highest BCUT2D eigenvalue weighted by Crippen LogP contribution is 2.11. The second-order valence-corrected chi connectivity index (χ2v) is 4.15. The summed E-state index contributed by atoms with van der Waals surface area (Å²) in [6, 6.07) is 14.4. The Hall–Kier alpha value is -2.20. The van der Waals surface area contributed by atoms with Gasteiger partial charge in [0.05, 0.1) is 6.10 Å². The maximum absolute atomic E-state index is 13.0. The lowest BCUT2D eigenvalue weighted by atomic mass is 10.1. The van der Waals surface area contributed by atoms with Crippen molar-refractivity contribution in [3.63, 3.8) is 0 Å². The quantitative estimate of drug-likeness (QED) is 0.885. The number of nitrogens with one attached hydrogen (secondary N) is 1. The number of amides is 1. The van der Waals surface area contributed by atoms with Gasteiger partial charge < -0.3 is 10.4 Å². The van der Waals surface area contributed by atoms with Gasteiger partial charge in [0.2, 0.25) is 0 Å². The van der Waals surface area contributed by atoms with Crippen LogP contribution < -0.4 is 5.32 Å². The van der Waals surface area contributed by atoms with Crippen LogP contribution in [0, 0.1) is 5.82 Å². The van der Waals surface area contributed by atoms with Gasteiger partial charge in [-0.3, -0.25) is 4.79 Å². The first-order valence-electron chi connectivity index (χ1n) is 5.93. The van der Waals surface area contributed by atoms with Crippen LogP contribution in [-0.2, 0) is 0 Å². The molecule has 2 N–H and O–H groups in total. The van der Waals surface area contributed by atoms with Gasteiger partial charge >= 0.3 is 0 Å². The molecule has 1 amide bonds. The van der Waals surface area contributed by atoms with Gasteiger partial charge in [0, 0.05) is 12.1 Å². The van der Waals surface area contributed by atoms with E-state index in [4.69, 9.17) is 0 Å². The van der Waals surface area contributed by atoms with Gasteiger partial charge in [0.15, 0.2) is 0 Å². The topological polar surface area (TPSA) is 49.3 Å². The lowest BCUT2D eigenvalue weighted by Gasteiger charge is -2.12. The number of benzene rings is 2. The molecule has 2 rings (SSSR count). The van der Waals surface area contributed by atoms with E-state index < -0.39 is 17.8 Å².